The number of carboxylic acid groups (broad SMARTS) is 1. The number of carbonyl (C=O) groups is 3. The van der Waals surface area contributed by atoms with Crippen LogP contribution in [-0.2, 0) is 16.0 Å². The van der Waals surface area contributed by atoms with Gasteiger partial charge >= 0.3 is 18.1 Å². The Kier molecular flexibility index (Phi) is 10.2. The predicted molar refractivity (Wildman–Crippen MR) is 182 cm³/mol. The summed E-state index contributed by atoms with van der Waals surface area (Å²) in [5.74, 6) is -1.73. The number of nitrogens with one attached hydrogen (secondary N) is 3. The van der Waals surface area contributed by atoms with E-state index in [0.717, 1.165) is 22.8 Å². The van der Waals surface area contributed by atoms with Crippen LogP contribution in [0.2, 0.25) is 5.02 Å². The van der Waals surface area contributed by atoms with Crippen molar-refractivity contribution >= 4 is 41.2 Å². The monoisotopic (exact) mass is 686 g/mol. The van der Waals surface area contributed by atoms with Crippen LogP contribution in [0.4, 0.5) is 25.5 Å². The van der Waals surface area contributed by atoms with E-state index in [1.807, 2.05) is 25.1 Å². The van der Waals surface area contributed by atoms with Crippen molar-refractivity contribution in [2.45, 2.75) is 45.8 Å². The molecule has 2 aromatic heterocycles. The van der Waals surface area contributed by atoms with E-state index in [1.54, 1.807) is 63.4 Å². The third kappa shape index (κ3) is 9.17. The average Bonchev–Trinajstić information content (AvgIpc) is 3.52. The summed E-state index contributed by atoms with van der Waals surface area (Å²) in [4.78, 5) is 45.1. The number of benzene rings is 3. The van der Waals surface area contributed by atoms with Crippen LogP contribution >= 0.6 is 11.6 Å². The fourth-order valence-electron chi connectivity index (χ4n) is 4.59. The van der Waals surface area contributed by atoms with E-state index in [1.165, 1.54) is 12.1 Å². The Hall–Kier alpha value is -5.82. The van der Waals surface area contributed by atoms with Crippen LogP contribution < -0.4 is 16.0 Å². The molecule has 0 saturated carbocycles. The number of rotatable bonds is 9. The molecule has 14 heteroatoms. The van der Waals surface area contributed by atoms with Gasteiger partial charge in [-0.25, -0.2) is 23.8 Å². The van der Waals surface area contributed by atoms with E-state index in [4.69, 9.17) is 20.9 Å². The number of anilines is 2. The number of pyridine rings is 1. The Morgan fingerprint density at radius 3 is 2.31 bits per heavy atom. The highest BCUT2D eigenvalue weighted by molar-refractivity contribution is 6.31. The highest BCUT2D eigenvalue weighted by atomic mass is 35.5. The van der Waals surface area contributed by atoms with Crippen molar-refractivity contribution in [3.05, 3.63) is 101 Å². The van der Waals surface area contributed by atoms with Gasteiger partial charge in [-0.15, -0.1) is 0 Å². The maximum Gasteiger partial charge on any atom is 0.412 e. The van der Waals surface area contributed by atoms with Gasteiger partial charge < -0.3 is 19.7 Å². The Morgan fingerprint density at radius 1 is 0.959 bits per heavy atom. The summed E-state index contributed by atoms with van der Waals surface area (Å²) in [6, 6.07) is 17.4. The standard InChI is InChI=1S/C35H32ClFN6O6/c1-19-5-7-22(17-26(19)36)23-10-14-29(38-18-23)41-33(46)40-28(32(44)45)16-20-6-13-25(27(37)15-20)30-42-31(49-43-30)21-8-11-24(12-9-21)39-34(47)48-35(2,3)4/h5-15,17-18,28H,16H2,1-4H3,(H,39,47)(H,44,45)(H2,38,40,41,46). The number of nitrogens with zero attached hydrogens (tertiary/aromatic N) is 3. The fourth-order valence-corrected chi connectivity index (χ4v) is 4.77. The third-order valence-corrected chi connectivity index (χ3v) is 7.44. The number of carboxylic acids is 1. The lowest BCUT2D eigenvalue weighted by Crippen LogP contribution is -2.44. The first kappa shape index (κ1) is 34.5. The number of aliphatic carboxylic acids is 1. The quantitative estimate of drug-likeness (QED) is 0.121. The highest BCUT2D eigenvalue weighted by Gasteiger charge is 2.23. The molecule has 0 saturated heterocycles. The van der Waals surface area contributed by atoms with E-state index in [9.17, 15) is 19.5 Å². The molecule has 0 bridgehead atoms. The molecule has 5 aromatic rings. The maximum absolute atomic E-state index is 15.2. The summed E-state index contributed by atoms with van der Waals surface area (Å²) in [5, 5.41) is 21.8. The van der Waals surface area contributed by atoms with Crippen LogP contribution in [-0.4, -0.2) is 50.0 Å². The Bertz CT molecular complexity index is 1990. The van der Waals surface area contributed by atoms with E-state index in [-0.39, 0.29) is 29.5 Å². The van der Waals surface area contributed by atoms with Crippen molar-refractivity contribution in [3.63, 3.8) is 0 Å². The fraction of sp³-hybridized carbons (Fsp3) is 0.200. The molecule has 252 valence electrons. The van der Waals surface area contributed by atoms with Crippen LogP contribution in [0.1, 0.15) is 31.9 Å². The van der Waals surface area contributed by atoms with Crippen LogP contribution in [0.3, 0.4) is 0 Å². The number of amides is 3. The lowest BCUT2D eigenvalue weighted by atomic mass is 10.0. The number of ether oxygens (including phenoxy) is 1. The molecule has 4 N–H and O–H groups in total. The molecular formula is C35H32ClFN6O6. The smallest absolute Gasteiger partial charge is 0.412 e. The van der Waals surface area contributed by atoms with Crippen molar-refractivity contribution in [2.24, 2.45) is 0 Å². The second-order valence-corrected chi connectivity index (χ2v) is 12.4. The molecule has 1 unspecified atom stereocenters. The van der Waals surface area contributed by atoms with Crippen LogP contribution in [0.5, 0.6) is 0 Å². The van der Waals surface area contributed by atoms with Gasteiger partial charge in [-0.2, -0.15) is 4.98 Å². The molecule has 12 nitrogen and oxygen atoms in total. The zero-order chi connectivity index (χ0) is 35.3. The first-order valence-electron chi connectivity index (χ1n) is 15.0. The van der Waals surface area contributed by atoms with Gasteiger partial charge in [-0.1, -0.05) is 35.0 Å². The minimum atomic E-state index is -1.37. The third-order valence-electron chi connectivity index (χ3n) is 7.03. The van der Waals surface area contributed by atoms with Gasteiger partial charge in [0.15, 0.2) is 0 Å². The molecule has 5 rings (SSSR count). The first-order valence-corrected chi connectivity index (χ1v) is 15.4. The largest absolute Gasteiger partial charge is 0.480 e. The number of halogens is 2. The van der Waals surface area contributed by atoms with Gasteiger partial charge in [0.25, 0.3) is 5.89 Å². The normalized spacial score (nSPS) is 11.8. The number of urea groups is 1. The van der Waals surface area contributed by atoms with Gasteiger partial charge in [-0.3, -0.25) is 10.6 Å². The lowest BCUT2D eigenvalue weighted by molar-refractivity contribution is -0.139. The zero-order valence-corrected chi connectivity index (χ0v) is 27.6. The second-order valence-electron chi connectivity index (χ2n) is 12.0. The van der Waals surface area contributed by atoms with Crippen molar-refractivity contribution in [3.8, 4) is 34.0 Å². The van der Waals surface area contributed by atoms with Gasteiger partial charge in [0.2, 0.25) is 5.82 Å². The number of hydrogen-bond donors (Lipinski definition) is 4. The summed E-state index contributed by atoms with van der Waals surface area (Å²) in [6.45, 7) is 7.18. The minimum absolute atomic E-state index is 0.0220. The van der Waals surface area contributed by atoms with Crippen molar-refractivity contribution in [2.75, 3.05) is 10.6 Å². The first-order chi connectivity index (χ1) is 23.2. The number of carbonyl (C=O) groups excluding carboxylic acids is 2. The van der Waals surface area contributed by atoms with Crippen molar-refractivity contribution in [1.29, 1.82) is 0 Å². The van der Waals surface area contributed by atoms with E-state index >= 15 is 4.39 Å². The van der Waals surface area contributed by atoms with Crippen molar-refractivity contribution in [1.82, 2.24) is 20.4 Å². The van der Waals surface area contributed by atoms with Gasteiger partial charge in [0.1, 0.15) is 23.3 Å². The SMILES string of the molecule is Cc1ccc(-c2ccc(NC(=O)NC(Cc3ccc(-c4noc(-c5ccc(NC(=O)OC(C)(C)C)cc5)n4)c(F)c3)C(=O)O)nc2)cc1Cl. The molecule has 0 radical (unpaired) electrons. The molecule has 0 fully saturated rings. The van der Waals surface area contributed by atoms with Crippen LogP contribution in [0.25, 0.3) is 34.0 Å². The maximum atomic E-state index is 15.2. The van der Waals surface area contributed by atoms with Gasteiger partial charge in [0, 0.05) is 34.5 Å². The second kappa shape index (κ2) is 14.5. The molecule has 1 atom stereocenters. The molecule has 0 aliphatic carbocycles. The number of aryl methyl sites for hydroxylation is 1. The number of aromatic nitrogens is 3. The average molecular weight is 687 g/mol. The van der Waals surface area contributed by atoms with Gasteiger partial charge in [-0.05, 0) is 99.0 Å². The van der Waals surface area contributed by atoms with Gasteiger partial charge in [0.05, 0.1) is 5.56 Å². The molecule has 3 aromatic carbocycles. The summed E-state index contributed by atoms with van der Waals surface area (Å²) < 4.78 is 25.8. The molecule has 3 amide bonds. The highest BCUT2D eigenvalue weighted by Crippen LogP contribution is 2.27. The lowest BCUT2D eigenvalue weighted by Gasteiger charge is -2.19. The van der Waals surface area contributed by atoms with E-state index in [0.29, 0.717) is 21.8 Å². The molecule has 2 heterocycles. The zero-order valence-electron chi connectivity index (χ0n) is 26.9. The van der Waals surface area contributed by atoms with Crippen molar-refractivity contribution < 1.29 is 33.1 Å². The topological polar surface area (TPSA) is 169 Å². The Morgan fingerprint density at radius 2 is 1.67 bits per heavy atom. The minimum Gasteiger partial charge on any atom is -0.480 e. The summed E-state index contributed by atoms with van der Waals surface area (Å²) >= 11 is 6.21. The summed E-state index contributed by atoms with van der Waals surface area (Å²) in [6.07, 6.45) is 0.753. The molecule has 0 spiro atoms. The van der Waals surface area contributed by atoms with Crippen LogP contribution in [0, 0.1) is 12.7 Å². The Labute approximate surface area is 285 Å². The molecule has 0 aliphatic heterocycles. The summed E-state index contributed by atoms with van der Waals surface area (Å²) in [5.41, 5.74) is 3.28. The molecule has 49 heavy (non-hydrogen) atoms. The molecule has 0 aliphatic rings. The van der Waals surface area contributed by atoms with E-state index in [2.05, 4.69) is 31.1 Å². The molecular weight excluding hydrogens is 655 g/mol. The predicted octanol–water partition coefficient (Wildman–Crippen LogP) is 7.73. The Balaban J connectivity index is 1.19. The van der Waals surface area contributed by atoms with Crippen LogP contribution in [0.15, 0.2) is 83.5 Å². The number of hydrogen-bond acceptors (Lipinski definition) is 8. The van der Waals surface area contributed by atoms with E-state index < -0.39 is 35.6 Å². The summed E-state index contributed by atoms with van der Waals surface area (Å²) in [7, 11) is 0.